The Morgan fingerprint density at radius 2 is 1.86 bits per heavy atom. The summed E-state index contributed by atoms with van der Waals surface area (Å²) in [6, 6.07) is 11.4. The predicted octanol–water partition coefficient (Wildman–Crippen LogP) is 2.69. The number of likely N-dealkylation sites (tertiary alicyclic amines) is 1. The van der Waals surface area contributed by atoms with Gasteiger partial charge in [-0.1, -0.05) is 37.3 Å². The number of hydrogen-bond donors (Lipinski definition) is 4. The molecule has 4 heterocycles. The molecule has 0 spiro atoms. The van der Waals surface area contributed by atoms with Crippen LogP contribution in [-0.2, 0) is 14.3 Å². The van der Waals surface area contributed by atoms with Crippen molar-refractivity contribution < 1.29 is 29.6 Å². The molecule has 1 amide bonds. The van der Waals surface area contributed by atoms with Crippen LogP contribution in [0, 0.1) is 5.92 Å². The fourth-order valence-corrected chi connectivity index (χ4v) is 8.36. The maximum Gasteiger partial charge on any atom is 0.240 e. The molecule has 9 nitrogen and oxygen atoms in total. The van der Waals surface area contributed by atoms with Crippen LogP contribution in [0.15, 0.2) is 65.8 Å². The van der Waals surface area contributed by atoms with Crippen molar-refractivity contribution in [3.05, 3.63) is 60.9 Å². The summed E-state index contributed by atoms with van der Waals surface area (Å²) in [5, 5.41) is 35.5. The molecule has 0 bridgehead atoms. The van der Waals surface area contributed by atoms with Gasteiger partial charge < -0.3 is 30.1 Å². The molecule has 2 saturated heterocycles. The van der Waals surface area contributed by atoms with E-state index in [1.807, 2.05) is 55.6 Å². The van der Waals surface area contributed by atoms with Crippen molar-refractivity contribution in [2.45, 2.75) is 90.4 Å². The van der Waals surface area contributed by atoms with Gasteiger partial charge in [0, 0.05) is 41.0 Å². The van der Waals surface area contributed by atoms with Crippen molar-refractivity contribution in [3.8, 4) is 11.1 Å². The molecule has 0 radical (unpaired) electrons. The van der Waals surface area contributed by atoms with Crippen LogP contribution in [0.3, 0.4) is 0 Å². The Bertz CT molecular complexity index is 1260. The first kappa shape index (κ1) is 31.0. The van der Waals surface area contributed by atoms with Crippen molar-refractivity contribution in [2.24, 2.45) is 5.92 Å². The van der Waals surface area contributed by atoms with Gasteiger partial charge in [-0.2, -0.15) is 0 Å². The summed E-state index contributed by atoms with van der Waals surface area (Å²) in [7, 11) is 0. The van der Waals surface area contributed by atoms with Crippen LogP contribution >= 0.6 is 23.5 Å². The van der Waals surface area contributed by atoms with E-state index >= 15 is 0 Å². The Morgan fingerprint density at radius 1 is 1.07 bits per heavy atom. The lowest BCUT2D eigenvalue weighted by Gasteiger charge is -2.45. The van der Waals surface area contributed by atoms with Crippen LogP contribution in [0.25, 0.3) is 11.1 Å². The number of allylic oxidation sites excluding steroid dienone is 1. The second-order valence-corrected chi connectivity index (χ2v) is 14.3. The minimum Gasteiger partial charge on any atom is -0.388 e. The molecule has 3 fully saturated rings. The average Bonchev–Trinajstić information content (AvgIpc) is 3.84. The van der Waals surface area contributed by atoms with E-state index in [0.29, 0.717) is 12.6 Å². The molecule has 10 atom stereocenters. The van der Waals surface area contributed by atoms with Crippen molar-refractivity contribution in [2.75, 3.05) is 19.4 Å². The molecule has 6 rings (SSSR count). The zero-order chi connectivity index (χ0) is 30.1. The van der Waals surface area contributed by atoms with Gasteiger partial charge in [-0.3, -0.25) is 14.7 Å². The second kappa shape index (κ2) is 13.6. The Balaban J connectivity index is 1.25. The van der Waals surface area contributed by atoms with Gasteiger partial charge in [0.05, 0.1) is 18.8 Å². The van der Waals surface area contributed by atoms with Gasteiger partial charge in [0.1, 0.15) is 35.9 Å². The number of hydrogen-bond acceptors (Lipinski definition) is 10. The Labute approximate surface area is 261 Å². The lowest BCUT2D eigenvalue weighted by molar-refractivity contribution is -0.205. The second-order valence-electron chi connectivity index (χ2n) is 11.9. The van der Waals surface area contributed by atoms with Crippen molar-refractivity contribution in [3.63, 3.8) is 0 Å². The number of nitrogens with one attached hydrogen (secondary N) is 1. The van der Waals surface area contributed by atoms with Crippen LogP contribution in [0.4, 0.5) is 0 Å². The lowest BCUT2D eigenvalue weighted by atomic mass is 9.92. The maximum absolute atomic E-state index is 14.2. The van der Waals surface area contributed by atoms with Gasteiger partial charge in [-0.15, -0.1) is 23.5 Å². The molecule has 1 aromatic heterocycles. The van der Waals surface area contributed by atoms with E-state index < -0.39 is 41.9 Å². The topological polar surface area (TPSA) is 124 Å². The number of aliphatic hydroxyl groups excluding tert-OH is 3. The number of amides is 1. The Kier molecular flexibility index (Phi) is 9.80. The first-order chi connectivity index (χ1) is 20.9. The third-order valence-corrected chi connectivity index (χ3v) is 11.1. The quantitative estimate of drug-likeness (QED) is 0.244. The number of carbonyl (C=O) groups is 1. The number of pyridine rings is 1. The third kappa shape index (κ3) is 6.69. The van der Waals surface area contributed by atoms with E-state index in [-0.39, 0.29) is 23.2 Å². The van der Waals surface area contributed by atoms with Crippen LogP contribution in [-0.4, -0.2) is 110 Å². The van der Waals surface area contributed by atoms with Gasteiger partial charge in [0.15, 0.2) is 0 Å². The molecule has 1 saturated carbocycles. The summed E-state index contributed by atoms with van der Waals surface area (Å²) >= 11 is 2.83. The maximum atomic E-state index is 14.2. The Hall–Kier alpha value is -1.96. The van der Waals surface area contributed by atoms with Crippen LogP contribution < -0.4 is 5.32 Å². The highest BCUT2D eigenvalue weighted by atomic mass is 32.2. The van der Waals surface area contributed by atoms with Crippen LogP contribution in [0.1, 0.15) is 26.2 Å². The van der Waals surface area contributed by atoms with Gasteiger partial charge in [0.25, 0.3) is 0 Å². The minimum absolute atomic E-state index is 0.150. The molecule has 1 aromatic carbocycles. The Morgan fingerprint density at radius 3 is 2.56 bits per heavy atom. The number of carbonyl (C=O) groups excluding carboxylic acids is 1. The molecule has 2 aromatic rings. The SMILES string of the molecule is CSC1O[C@H]([C@H](NC(=O)[C@@H]2[C@@H]3OCC=CC[C@H]3CN2C2CC2)[C@H](C)Sc2ccc(-c3cccnc3)cc2)C(O)C(O)[C@H]1O. The van der Waals surface area contributed by atoms with Gasteiger partial charge in [-0.25, -0.2) is 0 Å². The van der Waals surface area contributed by atoms with Crippen LogP contribution in [0.5, 0.6) is 0 Å². The molecule has 232 valence electrons. The number of ether oxygens (including phenoxy) is 2. The zero-order valence-electron chi connectivity index (χ0n) is 24.4. The van der Waals surface area contributed by atoms with E-state index in [2.05, 4.69) is 21.3 Å². The summed E-state index contributed by atoms with van der Waals surface area (Å²) in [6.07, 6.45) is 7.40. The molecular formula is C32H41N3O6S2. The molecule has 4 N–H and O–H groups in total. The largest absolute Gasteiger partial charge is 0.388 e. The number of rotatable bonds is 9. The van der Waals surface area contributed by atoms with Crippen molar-refractivity contribution >= 4 is 29.4 Å². The number of thioether (sulfide) groups is 2. The molecule has 3 unspecified atom stereocenters. The summed E-state index contributed by atoms with van der Waals surface area (Å²) in [5.41, 5.74) is 1.33. The summed E-state index contributed by atoms with van der Waals surface area (Å²) in [4.78, 5) is 21.8. The minimum atomic E-state index is -1.40. The van der Waals surface area contributed by atoms with Gasteiger partial charge in [0.2, 0.25) is 5.91 Å². The first-order valence-corrected chi connectivity index (χ1v) is 17.2. The highest BCUT2D eigenvalue weighted by Crippen LogP contribution is 2.40. The lowest BCUT2D eigenvalue weighted by Crippen LogP contribution is -2.66. The van der Waals surface area contributed by atoms with E-state index in [0.717, 1.165) is 41.8 Å². The summed E-state index contributed by atoms with van der Waals surface area (Å²) in [5.74, 6) is 0.0934. The van der Waals surface area contributed by atoms with E-state index in [1.54, 1.807) is 24.2 Å². The fourth-order valence-electron chi connectivity index (χ4n) is 6.59. The smallest absolute Gasteiger partial charge is 0.240 e. The van der Waals surface area contributed by atoms with Crippen LogP contribution in [0.2, 0.25) is 0 Å². The molecule has 43 heavy (non-hydrogen) atoms. The summed E-state index contributed by atoms with van der Waals surface area (Å²) in [6.45, 7) is 3.30. The monoisotopic (exact) mass is 627 g/mol. The predicted molar refractivity (Wildman–Crippen MR) is 168 cm³/mol. The number of aliphatic hydroxyl groups is 3. The zero-order valence-corrected chi connectivity index (χ0v) is 26.1. The van der Waals surface area contributed by atoms with E-state index in [4.69, 9.17) is 9.47 Å². The highest BCUT2D eigenvalue weighted by molar-refractivity contribution is 8.00. The third-order valence-electron chi connectivity index (χ3n) is 9.03. The number of fused-ring (bicyclic) bond motifs is 1. The molecule has 4 aliphatic rings. The van der Waals surface area contributed by atoms with E-state index in [9.17, 15) is 20.1 Å². The number of aromatic nitrogens is 1. The average molecular weight is 628 g/mol. The number of benzene rings is 1. The highest BCUT2D eigenvalue weighted by Gasteiger charge is 2.53. The van der Waals surface area contributed by atoms with Gasteiger partial charge >= 0.3 is 0 Å². The number of nitrogens with zero attached hydrogens (tertiary/aromatic N) is 2. The normalized spacial score (nSPS) is 34.3. The molecule has 3 aliphatic heterocycles. The standard InChI is InChI=1S/C32H41N3O6S2/c1-18(43-23-12-8-19(9-13-23)20-7-5-14-33-16-20)24(30-27(37)26(36)28(38)32(41-30)42-2)34-31(39)25-29-21(6-3-4-15-40-29)17-35(25)22-10-11-22/h3-5,7-9,12-14,16,18,21-22,24-30,32,36-38H,6,10-11,15,17H2,1-2H3,(H,34,39)/t18-,21-,24+,25-,26?,27?,28+,29+,30+,32?/m0/s1. The van der Waals surface area contributed by atoms with Crippen molar-refractivity contribution in [1.29, 1.82) is 0 Å². The molecule has 1 aliphatic carbocycles. The van der Waals surface area contributed by atoms with Gasteiger partial charge in [-0.05, 0) is 54.8 Å². The molecule has 11 heteroatoms. The van der Waals surface area contributed by atoms with E-state index in [1.165, 1.54) is 11.8 Å². The van der Waals surface area contributed by atoms with Crippen molar-refractivity contribution in [1.82, 2.24) is 15.2 Å². The first-order valence-electron chi connectivity index (χ1n) is 15.1. The summed E-state index contributed by atoms with van der Waals surface area (Å²) < 4.78 is 12.4. The molecular weight excluding hydrogens is 587 g/mol. The fraction of sp³-hybridized carbons (Fsp3) is 0.562.